The van der Waals surface area contributed by atoms with E-state index in [2.05, 4.69) is 5.32 Å². The molecule has 0 saturated carbocycles. The molecule has 5 N–H and O–H groups in total. The molecule has 1 rings (SSSR count). The SMILES string of the molecule is CC1=C(NC(N)=O)C(=O)N(N)C(C)C1. The molecule has 0 saturated heterocycles. The Morgan fingerprint density at radius 1 is 1.64 bits per heavy atom. The Kier molecular flexibility index (Phi) is 2.76. The first-order chi connectivity index (χ1) is 6.43. The van der Waals surface area contributed by atoms with Gasteiger partial charge >= 0.3 is 6.03 Å². The molecule has 78 valence electrons. The lowest BCUT2D eigenvalue weighted by atomic mass is 10.0. The van der Waals surface area contributed by atoms with E-state index < -0.39 is 11.9 Å². The maximum Gasteiger partial charge on any atom is 0.316 e. The fraction of sp³-hybridized carbons (Fsp3) is 0.500. The number of hydrazine groups is 1. The van der Waals surface area contributed by atoms with Gasteiger partial charge in [-0.2, -0.15) is 0 Å². The van der Waals surface area contributed by atoms with E-state index in [1.54, 1.807) is 6.92 Å². The van der Waals surface area contributed by atoms with Gasteiger partial charge in [0.25, 0.3) is 5.91 Å². The van der Waals surface area contributed by atoms with Crippen LogP contribution in [-0.4, -0.2) is 23.0 Å². The van der Waals surface area contributed by atoms with Gasteiger partial charge in [0.15, 0.2) is 0 Å². The van der Waals surface area contributed by atoms with Gasteiger partial charge in [-0.25, -0.2) is 10.6 Å². The van der Waals surface area contributed by atoms with Crippen LogP contribution in [0.3, 0.4) is 0 Å². The summed E-state index contributed by atoms with van der Waals surface area (Å²) in [7, 11) is 0. The van der Waals surface area contributed by atoms with Crippen molar-refractivity contribution < 1.29 is 9.59 Å². The average Bonchev–Trinajstić information content (AvgIpc) is 2.09. The minimum absolute atomic E-state index is 0.0547. The average molecular weight is 198 g/mol. The van der Waals surface area contributed by atoms with Crippen LogP contribution >= 0.6 is 0 Å². The van der Waals surface area contributed by atoms with Crippen LogP contribution in [0.4, 0.5) is 4.79 Å². The van der Waals surface area contributed by atoms with Crippen molar-refractivity contribution in [1.29, 1.82) is 0 Å². The molecule has 6 nitrogen and oxygen atoms in total. The molecule has 6 heteroatoms. The highest BCUT2D eigenvalue weighted by Gasteiger charge is 2.28. The number of nitrogens with zero attached hydrogens (tertiary/aromatic N) is 1. The second kappa shape index (κ2) is 3.67. The minimum Gasteiger partial charge on any atom is -0.351 e. The fourth-order valence-corrected chi connectivity index (χ4v) is 1.44. The van der Waals surface area contributed by atoms with Gasteiger partial charge in [-0.15, -0.1) is 0 Å². The second-order valence-electron chi connectivity index (χ2n) is 3.41. The molecule has 1 aliphatic heterocycles. The summed E-state index contributed by atoms with van der Waals surface area (Å²) in [5.74, 6) is 5.10. The first kappa shape index (κ1) is 10.5. The van der Waals surface area contributed by atoms with E-state index in [1.807, 2.05) is 6.92 Å². The van der Waals surface area contributed by atoms with Crippen LogP contribution < -0.4 is 16.9 Å². The number of carbonyl (C=O) groups excluding carboxylic acids is 2. The minimum atomic E-state index is -0.754. The first-order valence-corrected chi connectivity index (χ1v) is 4.28. The number of primary amides is 1. The van der Waals surface area contributed by atoms with Gasteiger partial charge in [-0.1, -0.05) is 0 Å². The number of rotatable bonds is 1. The largest absolute Gasteiger partial charge is 0.351 e. The van der Waals surface area contributed by atoms with Crippen LogP contribution in [-0.2, 0) is 4.79 Å². The van der Waals surface area contributed by atoms with E-state index in [0.717, 1.165) is 10.6 Å². The Morgan fingerprint density at radius 2 is 2.21 bits per heavy atom. The van der Waals surface area contributed by atoms with Crippen LogP contribution in [0.1, 0.15) is 20.3 Å². The molecule has 1 aliphatic rings. The summed E-state index contributed by atoms with van der Waals surface area (Å²) < 4.78 is 0. The molecule has 1 atom stereocenters. The topological polar surface area (TPSA) is 101 Å². The van der Waals surface area contributed by atoms with Crippen LogP contribution in [0.15, 0.2) is 11.3 Å². The van der Waals surface area contributed by atoms with Gasteiger partial charge in [0.1, 0.15) is 5.70 Å². The molecule has 0 radical (unpaired) electrons. The predicted octanol–water partition coefficient (Wildman–Crippen LogP) is -0.577. The van der Waals surface area contributed by atoms with Crippen molar-refractivity contribution in [2.45, 2.75) is 26.3 Å². The first-order valence-electron chi connectivity index (χ1n) is 4.28. The van der Waals surface area contributed by atoms with Gasteiger partial charge in [0, 0.05) is 6.04 Å². The van der Waals surface area contributed by atoms with Crippen molar-refractivity contribution in [2.24, 2.45) is 11.6 Å². The van der Waals surface area contributed by atoms with Crippen molar-refractivity contribution in [3.05, 3.63) is 11.3 Å². The number of amides is 3. The number of urea groups is 1. The third-order valence-corrected chi connectivity index (χ3v) is 2.20. The number of nitrogens with two attached hydrogens (primary N) is 2. The van der Waals surface area contributed by atoms with Crippen LogP contribution in [0.5, 0.6) is 0 Å². The van der Waals surface area contributed by atoms with E-state index in [0.29, 0.717) is 6.42 Å². The maximum absolute atomic E-state index is 11.6. The highest BCUT2D eigenvalue weighted by atomic mass is 16.2. The van der Waals surface area contributed by atoms with E-state index >= 15 is 0 Å². The standard InChI is InChI=1S/C8H14N4O2/c1-4-3-5(2)12(10)7(13)6(4)11-8(9)14/h5H,3,10H2,1-2H3,(H3,9,11,14). The molecular weight excluding hydrogens is 184 g/mol. The van der Waals surface area contributed by atoms with Gasteiger partial charge in [-0.05, 0) is 25.8 Å². The van der Waals surface area contributed by atoms with E-state index in [-0.39, 0.29) is 11.7 Å². The Hall–Kier alpha value is -1.56. The normalized spacial score (nSPS) is 22.6. The lowest BCUT2D eigenvalue weighted by Crippen LogP contribution is -2.51. The molecule has 0 aromatic heterocycles. The molecular formula is C8H14N4O2. The Balaban J connectivity index is 2.95. The summed E-state index contributed by atoms with van der Waals surface area (Å²) in [6, 6.07) is -0.809. The molecule has 14 heavy (non-hydrogen) atoms. The lowest BCUT2D eigenvalue weighted by Gasteiger charge is -2.31. The summed E-state index contributed by atoms with van der Waals surface area (Å²) >= 11 is 0. The second-order valence-corrected chi connectivity index (χ2v) is 3.41. The third kappa shape index (κ3) is 1.85. The van der Waals surface area contributed by atoms with E-state index in [1.165, 1.54) is 0 Å². The van der Waals surface area contributed by atoms with Gasteiger partial charge in [-0.3, -0.25) is 9.80 Å². The Bertz CT molecular complexity index is 310. The van der Waals surface area contributed by atoms with Crippen LogP contribution in [0, 0.1) is 0 Å². The monoisotopic (exact) mass is 198 g/mol. The molecule has 0 aromatic rings. The zero-order valence-electron chi connectivity index (χ0n) is 8.20. The molecule has 0 spiro atoms. The maximum atomic E-state index is 11.6. The molecule has 3 amide bonds. The highest BCUT2D eigenvalue weighted by molar-refractivity contribution is 5.98. The zero-order chi connectivity index (χ0) is 10.9. The predicted molar refractivity (Wildman–Crippen MR) is 50.5 cm³/mol. The smallest absolute Gasteiger partial charge is 0.316 e. The summed E-state index contributed by atoms with van der Waals surface area (Å²) in [4.78, 5) is 22.2. The van der Waals surface area contributed by atoms with E-state index in [9.17, 15) is 9.59 Å². The van der Waals surface area contributed by atoms with Crippen molar-refractivity contribution in [3.8, 4) is 0 Å². The van der Waals surface area contributed by atoms with Crippen molar-refractivity contribution in [3.63, 3.8) is 0 Å². The summed E-state index contributed by atoms with van der Waals surface area (Å²) in [5, 5.41) is 3.38. The van der Waals surface area contributed by atoms with Crippen LogP contribution in [0.2, 0.25) is 0 Å². The van der Waals surface area contributed by atoms with Crippen LogP contribution in [0.25, 0.3) is 0 Å². The number of nitrogens with one attached hydrogen (secondary N) is 1. The molecule has 0 aromatic carbocycles. The Morgan fingerprint density at radius 3 is 2.71 bits per heavy atom. The quantitative estimate of drug-likeness (QED) is 0.388. The molecule has 1 unspecified atom stereocenters. The molecule has 0 aliphatic carbocycles. The van der Waals surface area contributed by atoms with Crippen molar-refractivity contribution in [1.82, 2.24) is 10.3 Å². The van der Waals surface area contributed by atoms with Gasteiger partial charge < -0.3 is 11.1 Å². The molecule has 0 bridgehead atoms. The summed E-state index contributed by atoms with van der Waals surface area (Å²) in [6.07, 6.45) is 0.637. The zero-order valence-corrected chi connectivity index (χ0v) is 8.20. The number of carbonyl (C=O) groups is 2. The fourth-order valence-electron chi connectivity index (χ4n) is 1.44. The van der Waals surface area contributed by atoms with Gasteiger partial charge in [0.05, 0.1) is 0 Å². The van der Waals surface area contributed by atoms with E-state index in [4.69, 9.17) is 11.6 Å². The highest BCUT2D eigenvalue weighted by Crippen LogP contribution is 2.19. The summed E-state index contributed by atoms with van der Waals surface area (Å²) in [5.41, 5.74) is 5.92. The lowest BCUT2D eigenvalue weighted by molar-refractivity contribution is -0.130. The number of hydrogen-bond acceptors (Lipinski definition) is 3. The van der Waals surface area contributed by atoms with Crippen molar-refractivity contribution >= 4 is 11.9 Å². The molecule has 1 heterocycles. The third-order valence-electron chi connectivity index (χ3n) is 2.20. The van der Waals surface area contributed by atoms with Gasteiger partial charge in [0.2, 0.25) is 0 Å². The summed E-state index contributed by atoms with van der Waals surface area (Å²) in [6.45, 7) is 3.61. The Labute approximate surface area is 81.9 Å². The molecule has 0 fully saturated rings. The number of hydrogen-bond donors (Lipinski definition) is 3. The van der Waals surface area contributed by atoms with Crippen molar-refractivity contribution in [2.75, 3.05) is 0 Å².